The molecule has 0 saturated carbocycles. The second-order valence-electron chi connectivity index (χ2n) is 4.19. The molecule has 2 rings (SSSR count). The van der Waals surface area contributed by atoms with Crippen molar-refractivity contribution >= 4 is 5.82 Å². The lowest BCUT2D eigenvalue weighted by atomic mass is 10.1. The number of rotatable bonds is 5. The molecule has 1 aromatic rings. The van der Waals surface area contributed by atoms with E-state index >= 15 is 0 Å². The van der Waals surface area contributed by atoms with E-state index in [4.69, 9.17) is 4.74 Å². The van der Waals surface area contributed by atoms with E-state index in [1.807, 2.05) is 0 Å². The van der Waals surface area contributed by atoms with Crippen molar-refractivity contribution in [3.05, 3.63) is 16.7 Å². The third-order valence-electron chi connectivity index (χ3n) is 3.02. The Kier molecular flexibility index (Phi) is 3.98. The largest absolute Gasteiger partial charge is 0.489 e. The molecule has 1 saturated heterocycles. The van der Waals surface area contributed by atoms with Gasteiger partial charge in [0.1, 0.15) is 0 Å². The highest BCUT2D eigenvalue weighted by atomic mass is 16.5. The van der Waals surface area contributed by atoms with Crippen LogP contribution in [0, 0.1) is 5.92 Å². The fraction of sp³-hybridized carbons (Fsp3) is 0.636. The first-order chi connectivity index (χ1) is 8.31. The number of anilines is 1. The van der Waals surface area contributed by atoms with E-state index in [-0.39, 0.29) is 11.3 Å². The molecule has 1 fully saturated rings. The lowest BCUT2D eigenvalue weighted by Crippen LogP contribution is -2.17. The van der Waals surface area contributed by atoms with Crippen LogP contribution in [0.3, 0.4) is 0 Å². The maximum Gasteiger partial charge on any atom is 0.295 e. The first kappa shape index (κ1) is 11.9. The fourth-order valence-electron chi connectivity index (χ4n) is 2.06. The van der Waals surface area contributed by atoms with Gasteiger partial charge >= 0.3 is 0 Å². The average molecular weight is 238 g/mol. The van der Waals surface area contributed by atoms with Crippen molar-refractivity contribution in [3.63, 3.8) is 0 Å². The van der Waals surface area contributed by atoms with E-state index in [9.17, 15) is 4.79 Å². The molecule has 17 heavy (non-hydrogen) atoms. The minimum Gasteiger partial charge on any atom is -0.489 e. The third-order valence-corrected chi connectivity index (χ3v) is 3.02. The van der Waals surface area contributed by atoms with Crippen LogP contribution in [0.1, 0.15) is 12.8 Å². The van der Waals surface area contributed by atoms with E-state index in [0.717, 1.165) is 32.0 Å². The first-order valence-corrected chi connectivity index (χ1v) is 5.87. The van der Waals surface area contributed by atoms with Gasteiger partial charge in [0.2, 0.25) is 5.75 Å². The minimum atomic E-state index is -0.257. The molecular formula is C11H18N4O2. The topological polar surface area (TPSA) is 79.0 Å². The number of aromatic amines is 1. The Morgan fingerprint density at radius 2 is 2.53 bits per heavy atom. The van der Waals surface area contributed by atoms with Crippen LogP contribution < -0.4 is 20.9 Å². The summed E-state index contributed by atoms with van der Waals surface area (Å²) in [6, 6.07) is 0. The molecule has 94 valence electrons. The molecule has 0 bridgehead atoms. The van der Waals surface area contributed by atoms with Gasteiger partial charge in [0.15, 0.2) is 5.82 Å². The molecule has 6 nitrogen and oxygen atoms in total. The van der Waals surface area contributed by atoms with Crippen LogP contribution in [0.25, 0.3) is 0 Å². The van der Waals surface area contributed by atoms with E-state index in [1.165, 1.54) is 19.9 Å². The average Bonchev–Trinajstić information content (AvgIpc) is 2.82. The van der Waals surface area contributed by atoms with Gasteiger partial charge < -0.3 is 20.4 Å². The van der Waals surface area contributed by atoms with Gasteiger partial charge in [0, 0.05) is 6.54 Å². The number of aromatic nitrogens is 2. The van der Waals surface area contributed by atoms with Gasteiger partial charge in [0.05, 0.1) is 13.4 Å². The maximum atomic E-state index is 11.4. The zero-order valence-corrected chi connectivity index (χ0v) is 9.95. The molecule has 1 aliphatic rings. The zero-order chi connectivity index (χ0) is 12.1. The first-order valence-electron chi connectivity index (χ1n) is 5.87. The Morgan fingerprint density at radius 1 is 1.65 bits per heavy atom. The number of methoxy groups -OCH3 is 1. The van der Waals surface area contributed by atoms with Crippen LogP contribution in [0.5, 0.6) is 5.75 Å². The van der Waals surface area contributed by atoms with Crippen LogP contribution in [-0.4, -0.2) is 36.7 Å². The van der Waals surface area contributed by atoms with Crippen LogP contribution in [-0.2, 0) is 0 Å². The predicted octanol–water partition coefficient (Wildman–Crippen LogP) is 0.190. The molecule has 0 aromatic carbocycles. The van der Waals surface area contributed by atoms with Crippen molar-refractivity contribution in [1.82, 2.24) is 15.3 Å². The summed E-state index contributed by atoms with van der Waals surface area (Å²) in [4.78, 5) is 18.0. The van der Waals surface area contributed by atoms with Crippen LogP contribution in [0.4, 0.5) is 5.82 Å². The highest BCUT2D eigenvalue weighted by Crippen LogP contribution is 2.16. The van der Waals surface area contributed by atoms with E-state index < -0.39 is 0 Å². The number of ether oxygens (including phenoxy) is 1. The summed E-state index contributed by atoms with van der Waals surface area (Å²) in [6.07, 6.45) is 3.68. The molecule has 1 unspecified atom stereocenters. The number of hydrogen-bond donors (Lipinski definition) is 3. The monoisotopic (exact) mass is 238 g/mol. The Labute approximate surface area is 99.8 Å². The Hall–Kier alpha value is -1.56. The van der Waals surface area contributed by atoms with E-state index in [0.29, 0.717) is 5.82 Å². The molecule has 0 spiro atoms. The standard InChI is InChI=1S/C11H18N4O2/c1-17-9-10(14-7-15-11(9)16)13-5-3-8-2-4-12-6-8/h7-8,12H,2-6H2,1H3,(H2,13,14,15,16). The fourth-order valence-corrected chi connectivity index (χ4v) is 2.06. The highest BCUT2D eigenvalue weighted by molar-refractivity contribution is 5.47. The summed E-state index contributed by atoms with van der Waals surface area (Å²) in [5, 5.41) is 6.48. The van der Waals surface area contributed by atoms with E-state index in [1.54, 1.807) is 0 Å². The predicted molar refractivity (Wildman–Crippen MR) is 65.5 cm³/mol. The molecule has 0 amide bonds. The van der Waals surface area contributed by atoms with Gasteiger partial charge in [-0.25, -0.2) is 4.98 Å². The Bertz CT molecular complexity index is 412. The summed E-state index contributed by atoms with van der Waals surface area (Å²) >= 11 is 0. The maximum absolute atomic E-state index is 11.4. The number of hydrogen-bond acceptors (Lipinski definition) is 5. The van der Waals surface area contributed by atoms with Crippen molar-refractivity contribution in [3.8, 4) is 5.75 Å². The summed E-state index contributed by atoms with van der Waals surface area (Å²) in [7, 11) is 1.47. The van der Waals surface area contributed by atoms with Crippen molar-refractivity contribution < 1.29 is 4.74 Å². The molecule has 0 aliphatic carbocycles. The van der Waals surface area contributed by atoms with Crippen LogP contribution in [0.15, 0.2) is 11.1 Å². The Morgan fingerprint density at radius 3 is 3.24 bits per heavy atom. The normalized spacial score (nSPS) is 19.2. The minimum absolute atomic E-state index is 0.247. The van der Waals surface area contributed by atoms with Gasteiger partial charge in [-0.1, -0.05) is 0 Å². The van der Waals surface area contributed by atoms with Crippen molar-refractivity contribution in [1.29, 1.82) is 0 Å². The molecule has 1 aromatic heterocycles. The molecule has 6 heteroatoms. The van der Waals surface area contributed by atoms with Gasteiger partial charge in [-0.2, -0.15) is 0 Å². The number of H-pyrrole nitrogens is 1. The van der Waals surface area contributed by atoms with Gasteiger partial charge in [-0.05, 0) is 31.8 Å². The molecule has 1 atom stereocenters. The molecule has 0 radical (unpaired) electrons. The third kappa shape index (κ3) is 2.97. The van der Waals surface area contributed by atoms with Crippen LogP contribution in [0.2, 0.25) is 0 Å². The quantitative estimate of drug-likeness (QED) is 0.682. The smallest absolute Gasteiger partial charge is 0.295 e. The Balaban J connectivity index is 1.89. The van der Waals surface area contributed by atoms with Crippen molar-refractivity contribution in [2.75, 3.05) is 32.1 Å². The van der Waals surface area contributed by atoms with Crippen molar-refractivity contribution in [2.24, 2.45) is 5.92 Å². The van der Waals surface area contributed by atoms with Crippen molar-refractivity contribution in [2.45, 2.75) is 12.8 Å². The summed E-state index contributed by atoms with van der Waals surface area (Å²) < 4.78 is 5.02. The molecule has 2 heterocycles. The summed E-state index contributed by atoms with van der Waals surface area (Å²) in [5.74, 6) is 1.48. The zero-order valence-electron chi connectivity index (χ0n) is 9.95. The molecular weight excluding hydrogens is 220 g/mol. The lowest BCUT2D eigenvalue weighted by molar-refractivity contribution is 0.407. The summed E-state index contributed by atoms with van der Waals surface area (Å²) in [5.41, 5.74) is -0.257. The van der Waals surface area contributed by atoms with Gasteiger partial charge in [-0.3, -0.25) is 4.79 Å². The SMILES string of the molecule is COc1c(NCCC2CCNC2)nc[nH]c1=O. The number of nitrogens with zero attached hydrogens (tertiary/aromatic N) is 1. The second-order valence-corrected chi connectivity index (χ2v) is 4.19. The van der Waals surface area contributed by atoms with Crippen LogP contribution >= 0.6 is 0 Å². The van der Waals surface area contributed by atoms with Gasteiger partial charge in [-0.15, -0.1) is 0 Å². The van der Waals surface area contributed by atoms with Gasteiger partial charge in [0.25, 0.3) is 5.56 Å². The molecule has 3 N–H and O–H groups in total. The second kappa shape index (κ2) is 5.67. The highest BCUT2D eigenvalue weighted by Gasteiger charge is 2.14. The molecule has 1 aliphatic heterocycles. The lowest BCUT2D eigenvalue weighted by Gasteiger charge is -2.11. The van der Waals surface area contributed by atoms with E-state index in [2.05, 4.69) is 20.6 Å². The number of nitrogens with one attached hydrogen (secondary N) is 3. The summed E-state index contributed by atoms with van der Waals surface area (Å²) in [6.45, 7) is 3.00.